The van der Waals surface area contributed by atoms with Crippen molar-refractivity contribution in [1.29, 1.82) is 0 Å². The predicted octanol–water partition coefficient (Wildman–Crippen LogP) is 5.21. The maximum atomic E-state index is 8.66. The molecule has 0 radical (unpaired) electrons. The van der Waals surface area contributed by atoms with Crippen LogP contribution in [-0.4, -0.2) is 34.6 Å². The molecule has 0 bridgehead atoms. The summed E-state index contributed by atoms with van der Waals surface area (Å²) in [6.45, 7) is 13.1. The zero-order chi connectivity index (χ0) is 17.2. The van der Waals surface area contributed by atoms with E-state index in [9.17, 15) is 0 Å². The molecule has 0 spiro atoms. The molecular formula is C16H38Cl2NO2SiZr-3. The van der Waals surface area contributed by atoms with Gasteiger partial charge in [0, 0.05) is 6.61 Å². The van der Waals surface area contributed by atoms with Crippen molar-refractivity contribution >= 4 is 37.3 Å². The van der Waals surface area contributed by atoms with E-state index in [2.05, 4.69) is 16.4 Å². The predicted molar refractivity (Wildman–Crippen MR) is 112 cm³/mol. The third kappa shape index (κ3) is 287. The van der Waals surface area contributed by atoms with Crippen LogP contribution in [-0.2, 0) is 24.2 Å². The quantitative estimate of drug-likeness (QED) is 0.380. The van der Waals surface area contributed by atoms with Crippen molar-refractivity contribution in [1.82, 2.24) is 0 Å². The molecule has 0 aromatic rings. The number of hydrogen-bond donors (Lipinski definition) is 2. The molecule has 0 amide bonds. The standard InChI is InChI=1S/C5H5.C4H10N.C3H10OSi.C2H6O.CH3.CH2.2ClH.Zr/c1-2-4-5-3-1;1-4(2,3)5;1-5(2,3)4;1-2-3;;;;;/h1-3H,4H2;5H,1-3H3;4H,1-3H3;3H,2H2,1H3;1H3;1H2;2*1H;/q2*-1;;;-1;;;;. The molecule has 1 aliphatic carbocycles. The average molecular weight is 467 g/mol. The summed E-state index contributed by atoms with van der Waals surface area (Å²) in [5.41, 5.74) is 6.69. The molecule has 0 aromatic carbocycles. The van der Waals surface area contributed by atoms with Gasteiger partial charge < -0.3 is 23.1 Å². The van der Waals surface area contributed by atoms with Crippen molar-refractivity contribution in [3.05, 3.63) is 37.5 Å². The van der Waals surface area contributed by atoms with Gasteiger partial charge in [0.25, 0.3) is 0 Å². The van der Waals surface area contributed by atoms with E-state index in [1.54, 1.807) is 6.92 Å². The van der Waals surface area contributed by atoms with Crippen LogP contribution in [0.3, 0.4) is 0 Å². The first kappa shape index (κ1) is 43.9. The first-order chi connectivity index (χ1) is 8.91. The van der Waals surface area contributed by atoms with Gasteiger partial charge in [0.05, 0.1) is 0 Å². The van der Waals surface area contributed by atoms with E-state index in [4.69, 9.17) is 15.6 Å². The summed E-state index contributed by atoms with van der Waals surface area (Å²) in [5.74, 6) is 0. The fourth-order valence-corrected chi connectivity index (χ4v) is 0.340. The maximum absolute atomic E-state index is 8.66. The molecule has 7 heteroatoms. The Kier molecular flexibility index (Phi) is 58.7. The summed E-state index contributed by atoms with van der Waals surface area (Å²) in [4.78, 5) is 8.66. The van der Waals surface area contributed by atoms with Crippen LogP contribution in [0.15, 0.2) is 18.2 Å². The van der Waals surface area contributed by atoms with Crippen LogP contribution in [0.5, 0.6) is 0 Å². The Morgan fingerprint density at radius 3 is 1.48 bits per heavy atom. The second-order valence-electron chi connectivity index (χ2n) is 5.74. The second kappa shape index (κ2) is 30.8. The van der Waals surface area contributed by atoms with Gasteiger partial charge >= 0.3 is 28.4 Å². The largest absolute Gasteiger partial charge is 0.358 e. The molecule has 3 nitrogen and oxygen atoms in total. The van der Waals surface area contributed by atoms with Crippen LogP contribution in [0.4, 0.5) is 0 Å². The molecule has 0 saturated carbocycles. The minimum atomic E-state index is -1.61. The van der Waals surface area contributed by atoms with Crippen molar-refractivity contribution < 1.29 is 34.1 Å². The fraction of sp³-hybridized carbons (Fsp3) is 0.625. The third-order valence-electron chi connectivity index (χ3n) is 0.586. The molecule has 0 unspecified atom stereocenters. The van der Waals surface area contributed by atoms with Crippen molar-refractivity contribution in [2.75, 3.05) is 6.61 Å². The second-order valence-corrected chi connectivity index (χ2v) is 10.1. The number of aliphatic hydroxyl groups is 1. The Hall–Kier alpha value is 0.910. The van der Waals surface area contributed by atoms with Crippen LogP contribution in [0.1, 0.15) is 34.1 Å². The normalized spacial score (nSPS) is 9.96. The third-order valence-corrected chi connectivity index (χ3v) is 0.586. The number of allylic oxidation sites excluding steroid dienone is 4. The molecule has 23 heavy (non-hydrogen) atoms. The smallest absolute Gasteiger partial charge is 0.358 e. The molecule has 0 aliphatic heterocycles. The zero-order valence-electron chi connectivity index (χ0n) is 16.1. The van der Waals surface area contributed by atoms with Crippen LogP contribution in [0, 0.1) is 13.5 Å². The van der Waals surface area contributed by atoms with E-state index in [0.29, 0.717) is 0 Å². The van der Waals surface area contributed by atoms with E-state index in [1.807, 2.05) is 52.6 Å². The minimum Gasteiger partial charge on any atom is -0.358 e. The summed E-state index contributed by atoms with van der Waals surface area (Å²) < 4.78 is 3.34. The monoisotopic (exact) mass is 464 g/mol. The van der Waals surface area contributed by atoms with Crippen molar-refractivity contribution in [2.45, 2.75) is 59.3 Å². The molecule has 1 rings (SSSR count). The molecule has 0 heterocycles. The fourth-order valence-electron chi connectivity index (χ4n) is 0.340. The summed E-state index contributed by atoms with van der Waals surface area (Å²) >= 11 is 1.30. The van der Waals surface area contributed by atoms with Crippen LogP contribution >= 0.6 is 24.8 Å². The molecule has 0 atom stereocenters. The van der Waals surface area contributed by atoms with Crippen molar-refractivity contribution in [3.63, 3.8) is 0 Å². The van der Waals surface area contributed by atoms with Gasteiger partial charge in [-0.05, 0) is 26.6 Å². The van der Waals surface area contributed by atoms with E-state index in [0.717, 1.165) is 6.42 Å². The SMILES string of the molecule is CC(C)(C)[NH-].CCO.C[Si](C)(C)O.Cl.Cl.[C-]1=CC=CC1.[CH2]=[Zr].[CH3-]. The molecule has 3 N–H and O–H groups in total. The van der Waals surface area contributed by atoms with Crippen molar-refractivity contribution in [2.24, 2.45) is 0 Å². The number of rotatable bonds is 0. The number of hydrogen-bond acceptors (Lipinski definition) is 2. The van der Waals surface area contributed by atoms with Gasteiger partial charge in [-0.1, -0.05) is 20.8 Å². The molecule has 0 saturated heterocycles. The van der Waals surface area contributed by atoms with E-state index in [-0.39, 0.29) is 44.4 Å². The summed E-state index contributed by atoms with van der Waals surface area (Å²) in [7, 11) is -1.61. The van der Waals surface area contributed by atoms with Gasteiger partial charge in [0.1, 0.15) is 0 Å². The molecule has 144 valence electrons. The molecular weight excluding hydrogens is 428 g/mol. The number of nitrogens with one attached hydrogen (secondary N) is 1. The Morgan fingerprint density at radius 1 is 1.22 bits per heavy atom. The first-order valence-electron chi connectivity index (χ1n) is 6.57. The summed E-state index contributed by atoms with van der Waals surface area (Å²) in [6, 6.07) is 0. The van der Waals surface area contributed by atoms with Gasteiger partial charge in [0.15, 0.2) is 8.32 Å². The zero-order valence-corrected chi connectivity index (χ0v) is 21.2. The minimum absolute atomic E-state index is 0. The molecule has 0 aromatic heterocycles. The van der Waals surface area contributed by atoms with Gasteiger partial charge in [0.2, 0.25) is 0 Å². The van der Waals surface area contributed by atoms with E-state index >= 15 is 0 Å². The van der Waals surface area contributed by atoms with E-state index in [1.165, 1.54) is 24.2 Å². The van der Waals surface area contributed by atoms with E-state index < -0.39 is 8.32 Å². The summed E-state index contributed by atoms with van der Waals surface area (Å²) in [6.07, 6.45) is 10.0. The summed E-state index contributed by atoms with van der Waals surface area (Å²) in [5, 5.41) is 7.57. The van der Waals surface area contributed by atoms with Gasteiger partial charge in [-0.3, -0.25) is 6.08 Å². The average Bonchev–Trinajstić information content (AvgIpc) is 2.73. The number of aliphatic hydroxyl groups excluding tert-OH is 1. The Labute approximate surface area is 174 Å². The topological polar surface area (TPSA) is 64.3 Å². The Bertz CT molecular complexity index is 207. The van der Waals surface area contributed by atoms with Gasteiger partial charge in [-0.25, -0.2) is 12.2 Å². The molecule has 0 fully saturated rings. The molecule has 1 aliphatic rings. The van der Waals surface area contributed by atoms with Crippen molar-refractivity contribution in [3.8, 4) is 0 Å². The van der Waals surface area contributed by atoms with Crippen LogP contribution in [0.2, 0.25) is 19.6 Å². The maximum Gasteiger partial charge on any atom is -0.358 e. The van der Waals surface area contributed by atoms with Crippen LogP contribution in [0.25, 0.3) is 5.73 Å². The first-order valence-corrected chi connectivity index (χ1v) is 11.8. The van der Waals surface area contributed by atoms with Gasteiger partial charge in [-0.15, -0.1) is 36.8 Å². The Balaban J connectivity index is -0.0000000278. The number of halogens is 2. The van der Waals surface area contributed by atoms with Crippen LogP contribution < -0.4 is 0 Å². The van der Waals surface area contributed by atoms with Gasteiger partial charge in [-0.2, -0.15) is 6.08 Å². The Morgan fingerprint density at radius 2 is 1.43 bits per heavy atom.